The second-order valence-electron chi connectivity index (χ2n) is 5.73. The van der Waals surface area contributed by atoms with Gasteiger partial charge in [-0.3, -0.25) is 9.48 Å². The standard InChI is InChI=1S/C19H18FN3O2/c20-16-6-2-5-15(11-16)18(24)12-19(25)22-17-7-1-4-14(10-17)13-23-9-3-8-21-23/h1-11,18,24H,12-13H2,(H,22,25). The van der Waals surface area contributed by atoms with Crippen LogP contribution in [-0.2, 0) is 11.3 Å². The van der Waals surface area contributed by atoms with Crippen LogP contribution in [0, 0.1) is 5.82 Å². The number of nitrogens with zero attached hydrogens (tertiary/aromatic N) is 2. The number of halogens is 1. The van der Waals surface area contributed by atoms with E-state index in [0.717, 1.165) is 5.56 Å². The highest BCUT2D eigenvalue weighted by molar-refractivity contribution is 5.91. The number of aromatic nitrogens is 2. The largest absolute Gasteiger partial charge is 0.388 e. The minimum Gasteiger partial charge on any atom is -0.388 e. The number of amides is 1. The molecule has 1 heterocycles. The third kappa shape index (κ3) is 4.74. The quantitative estimate of drug-likeness (QED) is 0.725. The van der Waals surface area contributed by atoms with Crippen LogP contribution in [0.15, 0.2) is 67.0 Å². The van der Waals surface area contributed by atoms with Crippen molar-refractivity contribution in [1.29, 1.82) is 0 Å². The molecule has 0 aliphatic heterocycles. The SMILES string of the molecule is O=C(CC(O)c1cccc(F)c1)Nc1cccc(Cn2cccn2)c1. The molecule has 0 bridgehead atoms. The number of carbonyl (C=O) groups is 1. The van der Waals surface area contributed by atoms with Gasteiger partial charge in [0, 0.05) is 18.1 Å². The molecule has 128 valence electrons. The van der Waals surface area contributed by atoms with Crippen LogP contribution < -0.4 is 5.32 Å². The van der Waals surface area contributed by atoms with E-state index in [2.05, 4.69) is 10.4 Å². The topological polar surface area (TPSA) is 67.2 Å². The van der Waals surface area contributed by atoms with Gasteiger partial charge in [0.2, 0.25) is 5.91 Å². The van der Waals surface area contributed by atoms with E-state index in [4.69, 9.17) is 0 Å². The Bertz CT molecular complexity index is 849. The number of anilines is 1. The monoisotopic (exact) mass is 339 g/mol. The highest BCUT2D eigenvalue weighted by Crippen LogP contribution is 2.19. The molecule has 0 fully saturated rings. The summed E-state index contributed by atoms with van der Waals surface area (Å²) in [5.74, 6) is -0.781. The Morgan fingerprint density at radius 1 is 1.20 bits per heavy atom. The van der Waals surface area contributed by atoms with Crippen LogP contribution in [0.25, 0.3) is 0 Å². The fourth-order valence-corrected chi connectivity index (χ4v) is 2.55. The summed E-state index contributed by atoms with van der Waals surface area (Å²) in [6.45, 7) is 0.600. The van der Waals surface area contributed by atoms with E-state index < -0.39 is 11.9 Å². The maximum Gasteiger partial charge on any atom is 0.227 e. The first-order valence-corrected chi connectivity index (χ1v) is 7.90. The van der Waals surface area contributed by atoms with Crippen LogP contribution in [0.1, 0.15) is 23.7 Å². The zero-order valence-electron chi connectivity index (χ0n) is 13.5. The number of nitrogens with one attached hydrogen (secondary N) is 1. The highest BCUT2D eigenvalue weighted by atomic mass is 19.1. The molecular weight excluding hydrogens is 321 g/mol. The average molecular weight is 339 g/mol. The summed E-state index contributed by atoms with van der Waals surface area (Å²) in [5.41, 5.74) is 2.01. The summed E-state index contributed by atoms with van der Waals surface area (Å²) < 4.78 is 15.0. The summed E-state index contributed by atoms with van der Waals surface area (Å²) >= 11 is 0. The van der Waals surface area contributed by atoms with Crippen LogP contribution >= 0.6 is 0 Å². The number of rotatable bonds is 6. The molecule has 6 heteroatoms. The summed E-state index contributed by atoms with van der Waals surface area (Å²) in [6, 6.07) is 14.9. The first-order valence-electron chi connectivity index (χ1n) is 7.90. The zero-order valence-corrected chi connectivity index (χ0v) is 13.5. The van der Waals surface area contributed by atoms with Crippen LogP contribution in [0.2, 0.25) is 0 Å². The Balaban J connectivity index is 1.61. The van der Waals surface area contributed by atoms with Gasteiger partial charge in [-0.1, -0.05) is 24.3 Å². The van der Waals surface area contributed by atoms with E-state index in [1.165, 1.54) is 18.2 Å². The first kappa shape index (κ1) is 16.9. The molecule has 2 N–H and O–H groups in total. The third-order valence-corrected chi connectivity index (χ3v) is 3.73. The van der Waals surface area contributed by atoms with E-state index in [1.54, 1.807) is 23.0 Å². The van der Waals surface area contributed by atoms with Crippen molar-refractivity contribution >= 4 is 11.6 Å². The molecule has 1 atom stereocenters. The van der Waals surface area contributed by atoms with Crippen molar-refractivity contribution in [1.82, 2.24) is 9.78 Å². The van der Waals surface area contributed by atoms with Crippen LogP contribution in [0.4, 0.5) is 10.1 Å². The van der Waals surface area contributed by atoms with Gasteiger partial charge in [0.15, 0.2) is 0 Å². The van der Waals surface area contributed by atoms with E-state index in [-0.39, 0.29) is 12.3 Å². The predicted octanol–water partition coefficient (Wildman–Crippen LogP) is 3.13. The van der Waals surface area contributed by atoms with E-state index >= 15 is 0 Å². The lowest BCUT2D eigenvalue weighted by Crippen LogP contribution is -2.15. The van der Waals surface area contributed by atoms with Crippen LogP contribution in [0.5, 0.6) is 0 Å². The van der Waals surface area contributed by atoms with Crippen molar-refractivity contribution in [3.8, 4) is 0 Å². The second kappa shape index (κ2) is 7.72. The fourth-order valence-electron chi connectivity index (χ4n) is 2.55. The molecule has 3 aromatic rings. The first-order chi connectivity index (χ1) is 12.1. The lowest BCUT2D eigenvalue weighted by molar-refractivity contribution is -0.118. The van der Waals surface area contributed by atoms with Gasteiger partial charge in [0.25, 0.3) is 0 Å². The summed E-state index contributed by atoms with van der Waals surface area (Å²) in [4.78, 5) is 12.1. The molecule has 0 aliphatic carbocycles. The predicted molar refractivity (Wildman–Crippen MR) is 92.4 cm³/mol. The number of aliphatic hydroxyl groups is 1. The molecule has 1 unspecified atom stereocenters. The average Bonchev–Trinajstić information content (AvgIpc) is 3.08. The van der Waals surface area contributed by atoms with Crippen molar-refractivity contribution in [2.45, 2.75) is 19.1 Å². The van der Waals surface area contributed by atoms with Crippen LogP contribution in [0.3, 0.4) is 0 Å². The second-order valence-corrected chi connectivity index (χ2v) is 5.73. The van der Waals surface area contributed by atoms with E-state index in [1.807, 2.05) is 30.5 Å². The van der Waals surface area contributed by atoms with Crippen molar-refractivity contribution in [3.63, 3.8) is 0 Å². The summed E-state index contributed by atoms with van der Waals surface area (Å²) in [6.07, 6.45) is 2.37. The van der Waals surface area contributed by atoms with E-state index in [0.29, 0.717) is 17.8 Å². The van der Waals surface area contributed by atoms with Gasteiger partial charge < -0.3 is 10.4 Å². The minimum absolute atomic E-state index is 0.146. The molecule has 25 heavy (non-hydrogen) atoms. The fraction of sp³-hybridized carbons (Fsp3) is 0.158. The molecule has 0 aliphatic rings. The zero-order chi connectivity index (χ0) is 17.6. The lowest BCUT2D eigenvalue weighted by atomic mass is 10.1. The van der Waals surface area contributed by atoms with Gasteiger partial charge in [-0.15, -0.1) is 0 Å². The van der Waals surface area contributed by atoms with Gasteiger partial charge in [-0.05, 0) is 41.5 Å². The molecule has 0 saturated heterocycles. The minimum atomic E-state index is -1.05. The normalized spacial score (nSPS) is 11.9. The number of hydrogen-bond donors (Lipinski definition) is 2. The van der Waals surface area contributed by atoms with Gasteiger partial charge >= 0.3 is 0 Å². The van der Waals surface area contributed by atoms with Crippen molar-refractivity contribution in [2.75, 3.05) is 5.32 Å². The number of benzene rings is 2. The highest BCUT2D eigenvalue weighted by Gasteiger charge is 2.14. The molecule has 0 radical (unpaired) electrons. The van der Waals surface area contributed by atoms with Crippen molar-refractivity contribution in [3.05, 3.63) is 83.9 Å². The molecule has 1 aromatic heterocycles. The Morgan fingerprint density at radius 2 is 2.04 bits per heavy atom. The molecule has 2 aromatic carbocycles. The molecule has 0 saturated carbocycles. The summed E-state index contributed by atoms with van der Waals surface area (Å²) in [5, 5.41) is 17.0. The Hall–Kier alpha value is -2.99. The number of carbonyl (C=O) groups excluding carboxylic acids is 1. The van der Waals surface area contributed by atoms with Crippen molar-refractivity contribution < 1.29 is 14.3 Å². The Kier molecular flexibility index (Phi) is 5.20. The molecule has 5 nitrogen and oxygen atoms in total. The maximum absolute atomic E-state index is 13.2. The van der Waals surface area contributed by atoms with Crippen molar-refractivity contribution in [2.24, 2.45) is 0 Å². The summed E-state index contributed by atoms with van der Waals surface area (Å²) in [7, 11) is 0. The van der Waals surface area contributed by atoms with Crippen LogP contribution in [-0.4, -0.2) is 20.8 Å². The van der Waals surface area contributed by atoms with Gasteiger partial charge in [0.1, 0.15) is 5.82 Å². The van der Waals surface area contributed by atoms with Gasteiger partial charge in [-0.25, -0.2) is 4.39 Å². The molecule has 3 rings (SSSR count). The Morgan fingerprint density at radius 3 is 2.80 bits per heavy atom. The number of aliphatic hydroxyl groups excluding tert-OH is 1. The van der Waals surface area contributed by atoms with Gasteiger partial charge in [-0.2, -0.15) is 5.10 Å². The smallest absolute Gasteiger partial charge is 0.227 e. The maximum atomic E-state index is 13.2. The third-order valence-electron chi connectivity index (χ3n) is 3.73. The molecular formula is C19H18FN3O2. The Labute approximate surface area is 144 Å². The number of hydrogen-bond acceptors (Lipinski definition) is 3. The van der Waals surface area contributed by atoms with Gasteiger partial charge in [0.05, 0.1) is 19.1 Å². The van der Waals surface area contributed by atoms with E-state index in [9.17, 15) is 14.3 Å². The lowest BCUT2D eigenvalue weighted by Gasteiger charge is -2.12. The molecule has 1 amide bonds. The molecule has 0 spiro atoms.